The van der Waals surface area contributed by atoms with Gasteiger partial charge in [0, 0.05) is 30.4 Å². The van der Waals surface area contributed by atoms with Crippen molar-refractivity contribution in [3.8, 4) is 11.3 Å². The van der Waals surface area contributed by atoms with Crippen molar-refractivity contribution in [1.29, 1.82) is 0 Å². The summed E-state index contributed by atoms with van der Waals surface area (Å²) in [5.74, 6) is -0.444. The standard InChI is InChI=1S/C27H25F3N2O5/c1-2-36-26(34)22-17-20(6-9-23(22)32-12-14-35-15-13-32)31-25(33)11-8-21-7-10-24(37-21)18-4-3-5-19(16-18)27(28,29)30/h3-11,16-17H,2,12-15H2,1H3,(H,31,33)/b11-8+. The van der Waals surface area contributed by atoms with E-state index < -0.39 is 23.6 Å². The minimum atomic E-state index is -4.46. The molecule has 0 saturated carbocycles. The number of hydrogen-bond acceptors (Lipinski definition) is 6. The number of nitrogens with zero attached hydrogens (tertiary/aromatic N) is 1. The summed E-state index contributed by atoms with van der Waals surface area (Å²) < 4.78 is 55.1. The summed E-state index contributed by atoms with van der Waals surface area (Å²) in [5, 5.41) is 2.70. The molecule has 1 N–H and O–H groups in total. The molecule has 0 spiro atoms. The SMILES string of the molecule is CCOC(=O)c1cc(NC(=O)/C=C/c2ccc(-c3cccc(C(F)(F)F)c3)o2)ccc1N1CCOCC1. The molecule has 4 rings (SSSR count). The van der Waals surface area contributed by atoms with Gasteiger partial charge in [0.1, 0.15) is 11.5 Å². The first kappa shape index (κ1) is 26.0. The van der Waals surface area contributed by atoms with E-state index >= 15 is 0 Å². The molecule has 2 heterocycles. The fourth-order valence-corrected chi connectivity index (χ4v) is 3.85. The molecule has 3 aromatic rings. The van der Waals surface area contributed by atoms with Crippen molar-refractivity contribution in [1.82, 2.24) is 0 Å². The smallest absolute Gasteiger partial charge is 0.416 e. The number of nitrogens with one attached hydrogen (secondary N) is 1. The Kier molecular flexibility index (Phi) is 7.98. The number of amides is 1. The number of carbonyl (C=O) groups is 2. The zero-order valence-corrected chi connectivity index (χ0v) is 20.0. The van der Waals surface area contributed by atoms with Crippen LogP contribution < -0.4 is 10.2 Å². The molecule has 10 heteroatoms. The Balaban J connectivity index is 1.46. The number of morpholine rings is 1. The van der Waals surface area contributed by atoms with Gasteiger partial charge in [-0.2, -0.15) is 13.2 Å². The van der Waals surface area contributed by atoms with Crippen LogP contribution in [0.2, 0.25) is 0 Å². The lowest BCUT2D eigenvalue weighted by Gasteiger charge is -2.30. The Bertz CT molecular complexity index is 1290. The highest BCUT2D eigenvalue weighted by molar-refractivity contribution is 6.03. The number of esters is 1. The Labute approximate surface area is 211 Å². The zero-order valence-electron chi connectivity index (χ0n) is 20.0. The summed E-state index contributed by atoms with van der Waals surface area (Å²) in [6, 6.07) is 12.9. The van der Waals surface area contributed by atoms with Crippen molar-refractivity contribution >= 4 is 29.3 Å². The molecule has 1 aliphatic rings. The molecular weight excluding hydrogens is 489 g/mol. The third-order valence-electron chi connectivity index (χ3n) is 5.61. The molecule has 1 fully saturated rings. The lowest BCUT2D eigenvalue weighted by atomic mass is 10.1. The molecule has 1 saturated heterocycles. The van der Waals surface area contributed by atoms with E-state index in [1.54, 1.807) is 31.2 Å². The second kappa shape index (κ2) is 11.3. The quantitative estimate of drug-likeness (QED) is 0.325. The maximum absolute atomic E-state index is 13.0. The van der Waals surface area contributed by atoms with Gasteiger partial charge in [0.2, 0.25) is 5.91 Å². The predicted octanol–water partition coefficient (Wildman–Crippen LogP) is 5.63. The summed E-state index contributed by atoms with van der Waals surface area (Å²) in [6.45, 7) is 4.29. The first-order chi connectivity index (χ1) is 17.7. The van der Waals surface area contributed by atoms with Gasteiger partial charge in [0.15, 0.2) is 0 Å². The fraction of sp³-hybridized carbons (Fsp3) is 0.259. The highest BCUT2D eigenvalue weighted by atomic mass is 19.4. The van der Waals surface area contributed by atoms with Crippen LogP contribution in [0.4, 0.5) is 24.5 Å². The number of hydrogen-bond donors (Lipinski definition) is 1. The van der Waals surface area contributed by atoms with Gasteiger partial charge in [-0.15, -0.1) is 0 Å². The Hall–Kier alpha value is -4.05. The van der Waals surface area contributed by atoms with Crippen molar-refractivity contribution in [3.63, 3.8) is 0 Å². The van der Waals surface area contributed by atoms with Crippen LogP contribution in [0.25, 0.3) is 17.4 Å². The van der Waals surface area contributed by atoms with Gasteiger partial charge < -0.3 is 24.1 Å². The predicted molar refractivity (Wildman–Crippen MR) is 132 cm³/mol. The van der Waals surface area contributed by atoms with E-state index in [4.69, 9.17) is 13.9 Å². The van der Waals surface area contributed by atoms with Crippen molar-refractivity contribution in [2.45, 2.75) is 13.1 Å². The molecule has 194 valence electrons. The Morgan fingerprint density at radius 3 is 2.59 bits per heavy atom. The minimum Gasteiger partial charge on any atom is -0.462 e. The molecule has 0 bridgehead atoms. The monoisotopic (exact) mass is 514 g/mol. The molecule has 0 aliphatic carbocycles. The number of carbonyl (C=O) groups excluding carboxylic acids is 2. The molecular formula is C27H25F3N2O5. The summed E-state index contributed by atoms with van der Waals surface area (Å²) in [5.41, 5.74) is 0.930. The topological polar surface area (TPSA) is 81.0 Å². The minimum absolute atomic E-state index is 0.215. The van der Waals surface area contributed by atoms with E-state index in [0.717, 1.165) is 12.1 Å². The van der Waals surface area contributed by atoms with E-state index in [2.05, 4.69) is 5.32 Å². The average Bonchev–Trinajstić information content (AvgIpc) is 3.37. The molecule has 37 heavy (non-hydrogen) atoms. The molecule has 1 aliphatic heterocycles. The zero-order chi connectivity index (χ0) is 26.4. The van der Waals surface area contributed by atoms with Crippen LogP contribution in [0.1, 0.15) is 28.6 Å². The lowest BCUT2D eigenvalue weighted by Crippen LogP contribution is -2.37. The van der Waals surface area contributed by atoms with E-state index in [0.29, 0.717) is 43.2 Å². The van der Waals surface area contributed by atoms with Crippen molar-refractivity contribution in [2.24, 2.45) is 0 Å². The second-order valence-electron chi connectivity index (χ2n) is 8.15. The lowest BCUT2D eigenvalue weighted by molar-refractivity contribution is -0.137. The molecule has 0 radical (unpaired) electrons. The normalized spacial score (nSPS) is 14.1. The highest BCUT2D eigenvalue weighted by Crippen LogP contribution is 2.33. The van der Waals surface area contributed by atoms with Crippen molar-refractivity contribution in [2.75, 3.05) is 43.1 Å². The van der Waals surface area contributed by atoms with Gasteiger partial charge in [-0.3, -0.25) is 4.79 Å². The second-order valence-corrected chi connectivity index (χ2v) is 8.15. The maximum Gasteiger partial charge on any atom is 0.416 e. The summed E-state index contributed by atoms with van der Waals surface area (Å²) in [6.07, 6.45) is -1.83. The van der Waals surface area contributed by atoms with Gasteiger partial charge in [-0.1, -0.05) is 12.1 Å². The average molecular weight is 515 g/mol. The molecule has 7 nitrogen and oxygen atoms in total. The van der Waals surface area contributed by atoms with Gasteiger partial charge >= 0.3 is 12.1 Å². The van der Waals surface area contributed by atoms with Crippen molar-refractivity contribution < 1.29 is 36.7 Å². The van der Waals surface area contributed by atoms with Crippen LogP contribution in [0.15, 0.2) is 65.1 Å². The molecule has 1 amide bonds. The Morgan fingerprint density at radius 2 is 1.86 bits per heavy atom. The van der Waals surface area contributed by atoms with Gasteiger partial charge in [0.05, 0.1) is 36.6 Å². The van der Waals surface area contributed by atoms with Crippen LogP contribution in [-0.4, -0.2) is 44.8 Å². The third-order valence-corrected chi connectivity index (χ3v) is 5.61. The summed E-state index contributed by atoms with van der Waals surface area (Å²) in [7, 11) is 0. The largest absolute Gasteiger partial charge is 0.462 e. The number of benzene rings is 2. The maximum atomic E-state index is 13.0. The summed E-state index contributed by atoms with van der Waals surface area (Å²) >= 11 is 0. The van der Waals surface area contributed by atoms with E-state index in [1.165, 1.54) is 30.4 Å². The van der Waals surface area contributed by atoms with Crippen LogP contribution >= 0.6 is 0 Å². The first-order valence-corrected chi connectivity index (χ1v) is 11.6. The van der Waals surface area contributed by atoms with Gasteiger partial charge in [-0.05, 0) is 55.5 Å². The van der Waals surface area contributed by atoms with Crippen molar-refractivity contribution in [3.05, 3.63) is 77.6 Å². The van der Waals surface area contributed by atoms with Crippen LogP contribution in [0.3, 0.4) is 0 Å². The van der Waals surface area contributed by atoms with E-state index in [1.807, 2.05) is 4.90 Å². The van der Waals surface area contributed by atoms with E-state index in [9.17, 15) is 22.8 Å². The van der Waals surface area contributed by atoms with Gasteiger partial charge in [0.25, 0.3) is 0 Å². The number of halogens is 3. The first-order valence-electron chi connectivity index (χ1n) is 11.6. The number of ether oxygens (including phenoxy) is 2. The van der Waals surface area contributed by atoms with Crippen LogP contribution in [0, 0.1) is 0 Å². The van der Waals surface area contributed by atoms with E-state index in [-0.39, 0.29) is 23.7 Å². The highest BCUT2D eigenvalue weighted by Gasteiger charge is 2.30. The Morgan fingerprint density at radius 1 is 1.08 bits per heavy atom. The molecule has 0 atom stereocenters. The fourth-order valence-electron chi connectivity index (χ4n) is 3.85. The third kappa shape index (κ3) is 6.59. The molecule has 1 aromatic heterocycles. The number of anilines is 2. The molecule has 2 aromatic carbocycles. The number of furan rings is 1. The van der Waals surface area contributed by atoms with Crippen LogP contribution in [0.5, 0.6) is 0 Å². The molecule has 0 unspecified atom stereocenters. The van der Waals surface area contributed by atoms with Crippen LogP contribution in [-0.2, 0) is 20.4 Å². The number of alkyl halides is 3. The van der Waals surface area contributed by atoms with Gasteiger partial charge in [-0.25, -0.2) is 4.79 Å². The summed E-state index contributed by atoms with van der Waals surface area (Å²) in [4.78, 5) is 27.1. The number of rotatable bonds is 7.